The highest BCUT2D eigenvalue weighted by atomic mass is 16.5. The number of anilines is 1. The van der Waals surface area contributed by atoms with Crippen molar-refractivity contribution in [3.05, 3.63) is 42.2 Å². The van der Waals surface area contributed by atoms with Gasteiger partial charge in [-0.2, -0.15) is 0 Å². The fraction of sp³-hybridized carbons (Fsp3) is 0.556. The molecule has 2 saturated heterocycles. The van der Waals surface area contributed by atoms with Gasteiger partial charge in [-0.15, -0.1) is 0 Å². The maximum absolute atomic E-state index is 5.54. The zero-order chi connectivity index (χ0) is 13.9. The first-order chi connectivity index (χ1) is 10.4. The molecule has 0 aromatic heterocycles. The van der Waals surface area contributed by atoms with E-state index in [1.54, 1.807) is 5.56 Å². The van der Waals surface area contributed by atoms with Crippen LogP contribution in [0.5, 0.6) is 0 Å². The van der Waals surface area contributed by atoms with E-state index in [-0.39, 0.29) is 0 Å². The Bertz CT molecular complexity index is 599. The van der Waals surface area contributed by atoms with E-state index in [1.807, 2.05) is 6.26 Å². The number of nitrogens with zero attached hydrogens (tertiary/aromatic N) is 1. The lowest BCUT2D eigenvalue weighted by Crippen LogP contribution is -2.52. The summed E-state index contributed by atoms with van der Waals surface area (Å²) in [4.78, 5) is 2.74. The van der Waals surface area contributed by atoms with E-state index >= 15 is 0 Å². The van der Waals surface area contributed by atoms with Gasteiger partial charge in [0.25, 0.3) is 0 Å². The van der Waals surface area contributed by atoms with Crippen molar-refractivity contribution in [2.45, 2.75) is 24.3 Å². The summed E-state index contributed by atoms with van der Waals surface area (Å²) in [5, 5.41) is 3.67. The lowest BCUT2D eigenvalue weighted by molar-refractivity contribution is 0.0368. The third kappa shape index (κ3) is 1.58. The van der Waals surface area contributed by atoms with Gasteiger partial charge in [-0.05, 0) is 43.0 Å². The smallest absolute Gasteiger partial charge is 0.0919 e. The van der Waals surface area contributed by atoms with Crippen molar-refractivity contribution in [2.24, 2.45) is 11.8 Å². The Morgan fingerprint density at radius 2 is 2.24 bits per heavy atom. The minimum atomic E-state index is 0.341. The highest BCUT2D eigenvalue weighted by Crippen LogP contribution is 2.51. The van der Waals surface area contributed by atoms with Crippen LogP contribution in [0.2, 0.25) is 0 Å². The Hall–Kier alpha value is -1.48. The first-order valence-corrected chi connectivity index (χ1v) is 8.22. The first kappa shape index (κ1) is 12.1. The summed E-state index contributed by atoms with van der Waals surface area (Å²) in [6.45, 7) is 4.48. The number of piperidine rings is 1. The van der Waals surface area contributed by atoms with Gasteiger partial charge in [0, 0.05) is 36.2 Å². The molecular weight excluding hydrogens is 260 g/mol. The summed E-state index contributed by atoms with van der Waals surface area (Å²) in [5.41, 5.74) is 3.27. The predicted octanol–water partition coefficient (Wildman–Crippen LogP) is 2.60. The lowest BCUT2D eigenvalue weighted by atomic mass is 9.69. The number of benzene rings is 1. The van der Waals surface area contributed by atoms with E-state index in [1.165, 1.54) is 31.6 Å². The van der Waals surface area contributed by atoms with Crippen LogP contribution >= 0.6 is 0 Å². The molecule has 3 heteroatoms. The SMILES string of the molecule is C1=C[C@H]2CC3N(CC[C@]34CNc3ccccc34)C[C@@H]2CO1. The number of rotatable bonds is 0. The summed E-state index contributed by atoms with van der Waals surface area (Å²) >= 11 is 0. The van der Waals surface area contributed by atoms with Crippen LogP contribution in [0.3, 0.4) is 0 Å². The first-order valence-electron chi connectivity index (χ1n) is 8.22. The standard InChI is InChI=1S/C18H22N2O/c1-2-4-16-15(3-1)18(12-19-16)6-7-20-10-14-11-21-8-5-13(14)9-17(18)20/h1-5,8,13-14,17,19H,6-7,9-12H2/t13-,14+,17?,18+/m0/s1. The lowest BCUT2D eigenvalue weighted by Gasteiger charge is -2.45. The second kappa shape index (κ2) is 4.26. The van der Waals surface area contributed by atoms with Gasteiger partial charge in [0.15, 0.2) is 0 Å². The molecule has 0 saturated carbocycles. The summed E-state index contributed by atoms with van der Waals surface area (Å²) in [6.07, 6.45) is 6.83. The monoisotopic (exact) mass is 282 g/mol. The second-order valence-electron chi connectivity index (χ2n) is 7.14. The largest absolute Gasteiger partial charge is 0.501 e. The van der Waals surface area contributed by atoms with Crippen molar-refractivity contribution >= 4 is 5.69 Å². The van der Waals surface area contributed by atoms with E-state index < -0.39 is 0 Å². The number of fused-ring (bicyclic) bond motifs is 5. The van der Waals surface area contributed by atoms with Gasteiger partial charge in [-0.1, -0.05) is 18.2 Å². The topological polar surface area (TPSA) is 24.5 Å². The molecule has 1 aromatic rings. The van der Waals surface area contributed by atoms with Crippen molar-refractivity contribution in [3.63, 3.8) is 0 Å². The molecule has 4 atom stereocenters. The van der Waals surface area contributed by atoms with Crippen molar-refractivity contribution in [2.75, 3.05) is 31.6 Å². The van der Waals surface area contributed by atoms with Crippen molar-refractivity contribution < 1.29 is 4.74 Å². The summed E-state index contributed by atoms with van der Waals surface area (Å²) in [5.74, 6) is 1.41. The van der Waals surface area contributed by atoms with Crippen LogP contribution in [0.4, 0.5) is 5.69 Å². The third-order valence-electron chi connectivity index (χ3n) is 6.28. The van der Waals surface area contributed by atoms with Crippen LogP contribution in [0, 0.1) is 11.8 Å². The molecule has 3 nitrogen and oxygen atoms in total. The maximum atomic E-state index is 5.54. The summed E-state index contributed by atoms with van der Waals surface area (Å²) in [7, 11) is 0. The molecule has 4 aliphatic heterocycles. The second-order valence-corrected chi connectivity index (χ2v) is 7.14. The average molecular weight is 282 g/mol. The van der Waals surface area contributed by atoms with Gasteiger partial charge in [0.2, 0.25) is 0 Å². The number of para-hydroxylation sites is 1. The Morgan fingerprint density at radius 1 is 1.29 bits per heavy atom. The molecule has 1 aromatic carbocycles. The van der Waals surface area contributed by atoms with Gasteiger partial charge < -0.3 is 10.1 Å². The van der Waals surface area contributed by atoms with E-state index in [2.05, 4.69) is 40.6 Å². The molecule has 0 aliphatic carbocycles. The molecule has 110 valence electrons. The highest BCUT2D eigenvalue weighted by Gasteiger charge is 2.54. The van der Waals surface area contributed by atoms with Gasteiger partial charge in [-0.3, -0.25) is 4.90 Å². The van der Waals surface area contributed by atoms with Gasteiger partial charge >= 0.3 is 0 Å². The summed E-state index contributed by atoms with van der Waals surface area (Å²) in [6, 6.07) is 9.64. The third-order valence-corrected chi connectivity index (χ3v) is 6.28. The fourth-order valence-corrected chi connectivity index (χ4v) is 5.18. The number of ether oxygens (including phenoxy) is 1. The quantitative estimate of drug-likeness (QED) is 0.791. The van der Waals surface area contributed by atoms with E-state index in [0.29, 0.717) is 23.3 Å². The number of hydrogen-bond donors (Lipinski definition) is 1. The van der Waals surface area contributed by atoms with E-state index in [9.17, 15) is 0 Å². The maximum Gasteiger partial charge on any atom is 0.0919 e. The van der Waals surface area contributed by atoms with Crippen molar-refractivity contribution in [1.29, 1.82) is 0 Å². The molecule has 5 rings (SSSR count). The van der Waals surface area contributed by atoms with E-state index in [4.69, 9.17) is 4.74 Å². The minimum absolute atomic E-state index is 0.341. The number of allylic oxidation sites excluding steroid dienone is 1. The average Bonchev–Trinajstić information content (AvgIpc) is 3.09. The zero-order valence-corrected chi connectivity index (χ0v) is 12.3. The fourth-order valence-electron chi connectivity index (χ4n) is 5.18. The Kier molecular flexibility index (Phi) is 2.46. The van der Waals surface area contributed by atoms with Gasteiger partial charge in [0.1, 0.15) is 0 Å². The van der Waals surface area contributed by atoms with Crippen LogP contribution in [0.25, 0.3) is 0 Å². The molecule has 2 fully saturated rings. The summed E-state index contributed by atoms with van der Waals surface area (Å²) < 4.78 is 5.54. The van der Waals surface area contributed by atoms with Crippen molar-refractivity contribution in [3.8, 4) is 0 Å². The van der Waals surface area contributed by atoms with Crippen LogP contribution < -0.4 is 5.32 Å². The molecule has 4 aliphatic rings. The molecule has 21 heavy (non-hydrogen) atoms. The zero-order valence-electron chi connectivity index (χ0n) is 12.3. The Morgan fingerprint density at radius 3 is 3.24 bits per heavy atom. The van der Waals surface area contributed by atoms with Gasteiger partial charge in [-0.25, -0.2) is 0 Å². The number of hydrogen-bond acceptors (Lipinski definition) is 3. The van der Waals surface area contributed by atoms with E-state index in [0.717, 1.165) is 13.2 Å². The van der Waals surface area contributed by atoms with Crippen molar-refractivity contribution in [1.82, 2.24) is 4.90 Å². The molecule has 0 amide bonds. The molecule has 1 unspecified atom stereocenters. The molecule has 4 heterocycles. The molecule has 1 N–H and O–H groups in total. The Balaban J connectivity index is 1.53. The van der Waals surface area contributed by atoms with Crippen LogP contribution in [-0.2, 0) is 10.2 Å². The Labute approximate surface area is 126 Å². The van der Waals surface area contributed by atoms with Gasteiger partial charge in [0.05, 0.1) is 12.9 Å². The normalized spacial score (nSPS) is 40.3. The predicted molar refractivity (Wildman–Crippen MR) is 83.3 cm³/mol. The molecular formula is C18H22N2O. The molecule has 1 spiro atoms. The van der Waals surface area contributed by atoms with Crippen LogP contribution in [0.15, 0.2) is 36.6 Å². The minimum Gasteiger partial charge on any atom is -0.501 e. The van der Waals surface area contributed by atoms with Crippen LogP contribution in [0.1, 0.15) is 18.4 Å². The highest BCUT2D eigenvalue weighted by molar-refractivity contribution is 5.61. The van der Waals surface area contributed by atoms with Crippen LogP contribution in [-0.4, -0.2) is 37.2 Å². The molecule has 0 bridgehead atoms. The number of nitrogens with one attached hydrogen (secondary N) is 1. The molecule has 0 radical (unpaired) electrons.